The maximum atomic E-state index is 12.3. The van der Waals surface area contributed by atoms with Gasteiger partial charge in [0.1, 0.15) is 5.75 Å². The fourth-order valence-corrected chi connectivity index (χ4v) is 2.92. The third kappa shape index (κ3) is 2.97. The van der Waals surface area contributed by atoms with Crippen molar-refractivity contribution in [2.75, 3.05) is 11.8 Å². The highest BCUT2D eigenvalue weighted by Gasteiger charge is 2.21. The van der Waals surface area contributed by atoms with Gasteiger partial charge in [-0.2, -0.15) is 4.98 Å². The molecule has 0 aliphatic heterocycles. The number of ether oxygens (including phenoxy) is 1. The van der Waals surface area contributed by atoms with Gasteiger partial charge in [0.05, 0.1) is 18.2 Å². The average Bonchev–Trinajstić information content (AvgIpc) is 2.41. The second-order valence-corrected chi connectivity index (χ2v) is 5.74. The Labute approximate surface area is 121 Å². The minimum absolute atomic E-state index is 0.0887. The van der Waals surface area contributed by atoms with Crippen LogP contribution in [0.5, 0.6) is 17.5 Å². The first-order valence-electron chi connectivity index (χ1n) is 5.76. The molecule has 0 saturated carbocycles. The number of phenols is 1. The SMILES string of the molecule is COc1ncc(O)nc1NS(=O)(=O)c1cccc(O)c1C. The van der Waals surface area contributed by atoms with Crippen LogP contribution < -0.4 is 9.46 Å². The van der Waals surface area contributed by atoms with Crippen LogP contribution in [0.1, 0.15) is 5.56 Å². The molecular formula is C12H13N3O5S. The van der Waals surface area contributed by atoms with Crippen LogP contribution in [0.25, 0.3) is 0 Å². The molecule has 0 amide bonds. The van der Waals surface area contributed by atoms with Gasteiger partial charge in [-0.1, -0.05) is 6.07 Å². The first-order valence-corrected chi connectivity index (χ1v) is 7.25. The van der Waals surface area contributed by atoms with Crippen molar-refractivity contribution in [2.24, 2.45) is 0 Å². The predicted molar refractivity (Wildman–Crippen MR) is 73.9 cm³/mol. The Kier molecular flexibility index (Phi) is 3.85. The van der Waals surface area contributed by atoms with E-state index < -0.39 is 15.9 Å². The van der Waals surface area contributed by atoms with E-state index >= 15 is 0 Å². The topological polar surface area (TPSA) is 122 Å². The lowest BCUT2D eigenvalue weighted by Gasteiger charge is -2.12. The van der Waals surface area contributed by atoms with Crippen molar-refractivity contribution in [1.29, 1.82) is 0 Å². The summed E-state index contributed by atoms with van der Waals surface area (Å²) >= 11 is 0. The van der Waals surface area contributed by atoms with Crippen LogP contribution in [0.3, 0.4) is 0 Å². The Morgan fingerprint density at radius 1 is 1.29 bits per heavy atom. The zero-order valence-corrected chi connectivity index (χ0v) is 12.0. The number of aromatic hydroxyl groups is 2. The lowest BCUT2D eigenvalue weighted by molar-refractivity contribution is 0.390. The number of nitrogens with one attached hydrogen (secondary N) is 1. The van der Waals surface area contributed by atoms with Crippen molar-refractivity contribution in [3.05, 3.63) is 30.0 Å². The highest BCUT2D eigenvalue weighted by molar-refractivity contribution is 7.92. The Hall–Kier alpha value is -2.55. The summed E-state index contributed by atoms with van der Waals surface area (Å²) in [5, 5.41) is 18.9. The van der Waals surface area contributed by atoms with E-state index in [1.54, 1.807) is 0 Å². The van der Waals surface area contributed by atoms with Gasteiger partial charge in [0.15, 0.2) is 0 Å². The Morgan fingerprint density at radius 2 is 2.00 bits per heavy atom. The molecule has 8 nitrogen and oxygen atoms in total. The fraction of sp³-hybridized carbons (Fsp3) is 0.167. The van der Waals surface area contributed by atoms with Gasteiger partial charge >= 0.3 is 0 Å². The molecule has 1 aromatic carbocycles. The van der Waals surface area contributed by atoms with E-state index in [0.29, 0.717) is 0 Å². The first-order chi connectivity index (χ1) is 9.85. The number of benzene rings is 1. The molecular weight excluding hydrogens is 298 g/mol. The maximum Gasteiger partial charge on any atom is 0.263 e. The third-order valence-electron chi connectivity index (χ3n) is 2.70. The summed E-state index contributed by atoms with van der Waals surface area (Å²) in [6.07, 6.45) is 1.02. The van der Waals surface area contributed by atoms with E-state index in [1.807, 2.05) is 0 Å². The van der Waals surface area contributed by atoms with Crippen LogP contribution in [0, 0.1) is 6.92 Å². The Balaban J connectivity index is 2.47. The quantitative estimate of drug-likeness (QED) is 0.770. The lowest BCUT2D eigenvalue weighted by Crippen LogP contribution is -2.16. The summed E-state index contributed by atoms with van der Waals surface area (Å²) < 4.78 is 31.7. The second-order valence-electron chi connectivity index (χ2n) is 4.09. The molecule has 0 atom stereocenters. The standard InChI is InChI=1S/C12H13N3O5S/c1-7-8(16)4-3-5-9(7)21(18,19)15-11-12(20-2)13-6-10(17)14-11/h3-6,16H,1-2H3,(H2,14,15,17). The van der Waals surface area contributed by atoms with Crippen molar-refractivity contribution >= 4 is 15.8 Å². The molecule has 9 heteroatoms. The van der Waals surface area contributed by atoms with Gasteiger partial charge in [0, 0.05) is 5.56 Å². The number of phenolic OH excluding ortho intramolecular Hbond substituents is 1. The predicted octanol–water partition coefficient (Wildman–Crippen LogP) is 1.01. The van der Waals surface area contributed by atoms with Crippen molar-refractivity contribution < 1.29 is 23.4 Å². The number of hydrogen-bond acceptors (Lipinski definition) is 7. The van der Waals surface area contributed by atoms with E-state index in [0.717, 1.165) is 6.20 Å². The molecule has 0 aliphatic rings. The molecule has 21 heavy (non-hydrogen) atoms. The molecule has 1 heterocycles. The van der Waals surface area contributed by atoms with E-state index in [-0.39, 0.29) is 27.9 Å². The van der Waals surface area contributed by atoms with Gasteiger partial charge in [0.2, 0.25) is 11.7 Å². The van der Waals surface area contributed by atoms with Crippen LogP contribution in [0.2, 0.25) is 0 Å². The molecule has 112 valence electrons. The summed E-state index contributed by atoms with van der Waals surface area (Å²) in [5.41, 5.74) is 0.192. The molecule has 1 aromatic heterocycles. The van der Waals surface area contributed by atoms with Crippen LogP contribution >= 0.6 is 0 Å². The summed E-state index contributed by atoms with van der Waals surface area (Å²) in [6, 6.07) is 4.12. The summed E-state index contributed by atoms with van der Waals surface area (Å²) in [6.45, 7) is 1.47. The van der Waals surface area contributed by atoms with Crippen LogP contribution in [-0.4, -0.2) is 35.7 Å². The van der Waals surface area contributed by atoms with E-state index in [2.05, 4.69) is 14.7 Å². The van der Waals surface area contributed by atoms with Gasteiger partial charge in [-0.05, 0) is 19.1 Å². The summed E-state index contributed by atoms with van der Waals surface area (Å²) in [7, 11) is -2.73. The molecule has 0 aliphatic carbocycles. The number of aromatic nitrogens is 2. The lowest BCUT2D eigenvalue weighted by atomic mass is 10.2. The van der Waals surface area contributed by atoms with Gasteiger partial charge in [-0.3, -0.25) is 4.72 Å². The zero-order valence-electron chi connectivity index (χ0n) is 11.2. The Bertz CT molecular complexity index is 776. The minimum Gasteiger partial charge on any atom is -0.508 e. The maximum absolute atomic E-state index is 12.3. The minimum atomic E-state index is -4.02. The molecule has 0 fully saturated rings. The molecule has 2 rings (SSSR count). The smallest absolute Gasteiger partial charge is 0.263 e. The van der Waals surface area contributed by atoms with Crippen molar-refractivity contribution in [3.63, 3.8) is 0 Å². The molecule has 3 N–H and O–H groups in total. The molecule has 0 spiro atoms. The van der Waals surface area contributed by atoms with Crippen molar-refractivity contribution in [1.82, 2.24) is 9.97 Å². The zero-order chi connectivity index (χ0) is 15.6. The number of hydrogen-bond donors (Lipinski definition) is 3. The van der Waals surface area contributed by atoms with E-state index in [1.165, 1.54) is 32.2 Å². The van der Waals surface area contributed by atoms with Gasteiger partial charge < -0.3 is 14.9 Å². The van der Waals surface area contributed by atoms with Crippen LogP contribution in [-0.2, 0) is 10.0 Å². The number of anilines is 1. The number of rotatable bonds is 4. The number of sulfonamides is 1. The normalized spacial score (nSPS) is 11.1. The molecule has 0 saturated heterocycles. The molecule has 2 aromatic rings. The first kappa shape index (κ1) is 14.9. The average molecular weight is 311 g/mol. The van der Waals surface area contributed by atoms with Gasteiger partial charge in [-0.25, -0.2) is 13.4 Å². The van der Waals surface area contributed by atoms with E-state index in [4.69, 9.17) is 4.74 Å². The van der Waals surface area contributed by atoms with Crippen molar-refractivity contribution in [3.8, 4) is 17.5 Å². The van der Waals surface area contributed by atoms with Gasteiger partial charge in [0.25, 0.3) is 15.9 Å². The number of methoxy groups -OCH3 is 1. The van der Waals surface area contributed by atoms with E-state index in [9.17, 15) is 18.6 Å². The summed E-state index contributed by atoms with van der Waals surface area (Å²) in [5.74, 6) is -0.942. The third-order valence-corrected chi connectivity index (χ3v) is 4.18. The highest BCUT2D eigenvalue weighted by atomic mass is 32.2. The molecule has 0 radical (unpaired) electrons. The largest absolute Gasteiger partial charge is 0.508 e. The van der Waals surface area contributed by atoms with Crippen LogP contribution in [0.4, 0.5) is 5.82 Å². The number of nitrogens with zero attached hydrogens (tertiary/aromatic N) is 2. The molecule has 0 unspecified atom stereocenters. The van der Waals surface area contributed by atoms with Crippen molar-refractivity contribution in [2.45, 2.75) is 11.8 Å². The monoisotopic (exact) mass is 311 g/mol. The van der Waals surface area contributed by atoms with Gasteiger partial charge in [-0.15, -0.1) is 0 Å². The van der Waals surface area contributed by atoms with Crippen LogP contribution in [0.15, 0.2) is 29.3 Å². The summed E-state index contributed by atoms with van der Waals surface area (Å²) in [4.78, 5) is 7.21. The molecule has 0 bridgehead atoms. The fourth-order valence-electron chi connectivity index (χ4n) is 1.66. The Morgan fingerprint density at radius 3 is 2.67 bits per heavy atom. The second kappa shape index (κ2) is 5.44. The highest BCUT2D eigenvalue weighted by Crippen LogP contribution is 2.28.